The van der Waals surface area contributed by atoms with Crippen LogP contribution in [0.4, 0.5) is 0 Å². The molecule has 0 radical (unpaired) electrons. The quantitative estimate of drug-likeness (QED) is 0.819. The van der Waals surface area contributed by atoms with Crippen molar-refractivity contribution in [1.82, 2.24) is 4.90 Å². The minimum Gasteiger partial charge on any atom is -0.370 e. The van der Waals surface area contributed by atoms with Crippen LogP contribution in [0.5, 0.6) is 0 Å². The SMILES string of the molecule is O=C(C1CCS(=O)(=O)C1)N1CCOC(c2ccccc2Cl)C1. The molecule has 0 aromatic heterocycles. The average molecular weight is 344 g/mol. The fourth-order valence-electron chi connectivity index (χ4n) is 3.02. The molecule has 1 amide bonds. The van der Waals surface area contributed by atoms with Gasteiger partial charge in [-0.05, 0) is 12.5 Å². The van der Waals surface area contributed by atoms with Crippen LogP contribution in [0.25, 0.3) is 0 Å². The van der Waals surface area contributed by atoms with Gasteiger partial charge in [0.05, 0.1) is 30.6 Å². The predicted octanol–water partition coefficient (Wildman–Crippen LogP) is 1.67. The van der Waals surface area contributed by atoms with Crippen LogP contribution in [-0.4, -0.2) is 50.4 Å². The smallest absolute Gasteiger partial charge is 0.226 e. The predicted molar refractivity (Wildman–Crippen MR) is 83.5 cm³/mol. The summed E-state index contributed by atoms with van der Waals surface area (Å²) < 4.78 is 28.8. The molecule has 2 aliphatic rings. The Balaban J connectivity index is 1.71. The zero-order valence-electron chi connectivity index (χ0n) is 12.1. The largest absolute Gasteiger partial charge is 0.370 e. The van der Waals surface area contributed by atoms with E-state index < -0.39 is 15.8 Å². The summed E-state index contributed by atoms with van der Waals surface area (Å²) in [5.74, 6) is -0.404. The molecule has 2 heterocycles. The number of amides is 1. The number of hydrogen-bond acceptors (Lipinski definition) is 4. The minimum absolute atomic E-state index is 0.0278. The maximum absolute atomic E-state index is 12.5. The van der Waals surface area contributed by atoms with Crippen LogP contribution in [0, 0.1) is 5.92 Å². The van der Waals surface area contributed by atoms with Crippen molar-refractivity contribution in [2.45, 2.75) is 12.5 Å². The Bertz CT molecular complexity index is 676. The highest BCUT2D eigenvalue weighted by molar-refractivity contribution is 7.91. The lowest BCUT2D eigenvalue weighted by Gasteiger charge is -2.34. The molecular weight excluding hydrogens is 326 g/mol. The van der Waals surface area contributed by atoms with Gasteiger partial charge in [0.2, 0.25) is 5.91 Å². The van der Waals surface area contributed by atoms with Gasteiger partial charge in [0, 0.05) is 17.1 Å². The first kappa shape index (κ1) is 15.8. The van der Waals surface area contributed by atoms with E-state index in [2.05, 4.69) is 0 Å². The van der Waals surface area contributed by atoms with Crippen molar-refractivity contribution >= 4 is 27.3 Å². The number of carbonyl (C=O) groups is 1. The summed E-state index contributed by atoms with van der Waals surface area (Å²) in [4.78, 5) is 14.2. The number of benzene rings is 1. The molecule has 22 heavy (non-hydrogen) atoms. The molecule has 0 spiro atoms. The molecule has 5 nitrogen and oxygen atoms in total. The number of carbonyl (C=O) groups excluding carboxylic acids is 1. The topological polar surface area (TPSA) is 63.7 Å². The summed E-state index contributed by atoms with van der Waals surface area (Å²) in [7, 11) is -3.05. The molecule has 3 rings (SSSR count). The third kappa shape index (κ3) is 3.29. The van der Waals surface area contributed by atoms with E-state index in [-0.39, 0.29) is 23.5 Å². The molecule has 2 atom stereocenters. The lowest BCUT2D eigenvalue weighted by Crippen LogP contribution is -2.45. The number of sulfone groups is 1. The fourth-order valence-corrected chi connectivity index (χ4v) is 5.01. The molecule has 1 aromatic rings. The van der Waals surface area contributed by atoms with Gasteiger partial charge in [-0.1, -0.05) is 29.8 Å². The molecule has 1 aromatic carbocycles. The van der Waals surface area contributed by atoms with Gasteiger partial charge in [0.1, 0.15) is 6.10 Å². The van der Waals surface area contributed by atoms with Crippen molar-refractivity contribution < 1.29 is 17.9 Å². The van der Waals surface area contributed by atoms with E-state index in [1.54, 1.807) is 11.0 Å². The van der Waals surface area contributed by atoms with Crippen LogP contribution >= 0.6 is 11.6 Å². The van der Waals surface area contributed by atoms with E-state index in [9.17, 15) is 13.2 Å². The number of halogens is 1. The average Bonchev–Trinajstić information content (AvgIpc) is 2.87. The van der Waals surface area contributed by atoms with E-state index in [0.717, 1.165) is 5.56 Å². The summed E-state index contributed by atoms with van der Waals surface area (Å²) in [5, 5.41) is 0.616. The second-order valence-electron chi connectivity index (χ2n) is 5.77. The number of rotatable bonds is 2. The molecular formula is C15H18ClNO4S. The van der Waals surface area contributed by atoms with Gasteiger partial charge in [-0.2, -0.15) is 0 Å². The third-order valence-corrected chi connectivity index (χ3v) is 6.32. The molecule has 0 N–H and O–H groups in total. The molecule has 2 saturated heterocycles. The highest BCUT2D eigenvalue weighted by atomic mass is 35.5. The van der Waals surface area contributed by atoms with Gasteiger partial charge in [-0.25, -0.2) is 8.42 Å². The molecule has 2 fully saturated rings. The summed E-state index contributed by atoms with van der Waals surface area (Å²) >= 11 is 6.19. The van der Waals surface area contributed by atoms with Crippen molar-refractivity contribution in [2.24, 2.45) is 5.92 Å². The molecule has 120 valence electrons. The Morgan fingerprint density at radius 1 is 1.32 bits per heavy atom. The van der Waals surface area contributed by atoms with Crippen LogP contribution in [-0.2, 0) is 19.4 Å². The molecule has 7 heteroatoms. The Kier molecular flexibility index (Phi) is 4.43. The summed E-state index contributed by atoms with van der Waals surface area (Å²) in [6.07, 6.45) is 0.166. The summed E-state index contributed by atoms with van der Waals surface area (Å²) in [5.41, 5.74) is 0.862. The lowest BCUT2D eigenvalue weighted by atomic mass is 10.0. The first-order valence-electron chi connectivity index (χ1n) is 7.31. The normalized spacial score (nSPS) is 27.8. The van der Waals surface area contributed by atoms with Gasteiger partial charge in [-0.15, -0.1) is 0 Å². The van der Waals surface area contributed by atoms with Gasteiger partial charge in [-0.3, -0.25) is 4.79 Å². The van der Waals surface area contributed by atoms with E-state index in [0.29, 0.717) is 31.1 Å². The zero-order chi connectivity index (χ0) is 15.7. The van der Waals surface area contributed by atoms with Gasteiger partial charge >= 0.3 is 0 Å². The minimum atomic E-state index is -3.05. The lowest BCUT2D eigenvalue weighted by molar-refractivity contribution is -0.142. The third-order valence-electron chi connectivity index (χ3n) is 4.21. The van der Waals surface area contributed by atoms with Crippen molar-refractivity contribution in [3.05, 3.63) is 34.9 Å². The zero-order valence-corrected chi connectivity index (χ0v) is 13.6. The molecule has 0 aliphatic carbocycles. The highest BCUT2D eigenvalue weighted by Crippen LogP contribution is 2.30. The van der Waals surface area contributed by atoms with E-state index in [1.807, 2.05) is 18.2 Å². The van der Waals surface area contributed by atoms with E-state index in [4.69, 9.17) is 16.3 Å². The van der Waals surface area contributed by atoms with Crippen LogP contribution in [0.3, 0.4) is 0 Å². The Morgan fingerprint density at radius 2 is 2.09 bits per heavy atom. The maximum atomic E-state index is 12.5. The highest BCUT2D eigenvalue weighted by Gasteiger charge is 2.37. The first-order chi connectivity index (χ1) is 10.5. The Morgan fingerprint density at radius 3 is 2.77 bits per heavy atom. The number of ether oxygens (including phenoxy) is 1. The second kappa shape index (κ2) is 6.18. The Hall–Kier alpha value is -1.11. The van der Waals surface area contributed by atoms with Gasteiger partial charge in [0.25, 0.3) is 0 Å². The van der Waals surface area contributed by atoms with Crippen LogP contribution < -0.4 is 0 Å². The molecule has 0 saturated carbocycles. The molecule has 0 bridgehead atoms. The van der Waals surface area contributed by atoms with Crippen LogP contribution in [0.15, 0.2) is 24.3 Å². The monoisotopic (exact) mass is 343 g/mol. The van der Waals surface area contributed by atoms with Crippen molar-refractivity contribution in [1.29, 1.82) is 0 Å². The van der Waals surface area contributed by atoms with Crippen LogP contribution in [0.1, 0.15) is 18.1 Å². The standard InChI is InChI=1S/C15H18ClNO4S/c16-13-4-2-1-3-12(13)14-9-17(6-7-21-14)15(18)11-5-8-22(19,20)10-11/h1-4,11,14H,5-10H2. The fraction of sp³-hybridized carbons (Fsp3) is 0.533. The maximum Gasteiger partial charge on any atom is 0.226 e. The van der Waals surface area contributed by atoms with Crippen molar-refractivity contribution in [2.75, 3.05) is 31.2 Å². The van der Waals surface area contributed by atoms with Gasteiger partial charge in [0.15, 0.2) is 9.84 Å². The second-order valence-corrected chi connectivity index (χ2v) is 8.40. The summed E-state index contributed by atoms with van der Waals surface area (Å²) in [6, 6.07) is 7.42. The molecule has 2 aliphatic heterocycles. The first-order valence-corrected chi connectivity index (χ1v) is 9.51. The van der Waals surface area contributed by atoms with Crippen molar-refractivity contribution in [3.8, 4) is 0 Å². The number of morpholine rings is 1. The van der Waals surface area contributed by atoms with E-state index >= 15 is 0 Å². The van der Waals surface area contributed by atoms with E-state index in [1.165, 1.54) is 0 Å². The number of hydrogen-bond donors (Lipinski definition) is 0. The van der Waals surface area contributed by atoms with Gasteiger partial charge < -0.3 is 9.64 Å². The van der Waals surface area contributed by atoms with Crippen LogP contribution in [0.2, 0.25) is 5.02 Å². The Labute approximate surface area is 135 Å². The number of nitrogens with zero attached hydrogens (tertiary/aromatic N) is 1. The van der Waals surface area contributed by atoms with Crippen molar-refractivity contribution in [3.63, 3.8) is 0 Å². The summed E-state index contributed by atoms with van der Waals surface area (Å²) in [6.45, 7) is 1.34. The molecule has 2 unspecified atom stereocenters.